The zero-order valence-corrected chi connectivity index (χ0v) is 16.6. The highest BCUT2D eigenvalue weighted by Gasteiger charge is 2.25. The third-order valence-electron chi connectivity index (χ3n) is 5.29. The van der Waals surface area contributed by atoms with Crippen molar-refractivity contribution in [3.05, 3.63) is 90.1 Å². The number of benzene rings is 2. The van der Waals surface area contributed by atoms with Gasteiger partial charge < -0.3 is 4.42 Å². The monoisotopic (exact) mass is 389 g/mol. The summed E-state index contributed by atoms with van der Waals surface area (Å²) in [6, 6.07) is 18.8. The second-order valence-corrected chi connectivity index (χ2v) is 6.93. The van der Waals surface area contributed by atoms with Crippen molar-refractivity contribution in [3.63, 3.8) is 0 Å². The van der Waals surface area contributed by atoms with Crippen molar-refractivity contribution in [2.45, 2.75) is 19.9 Å². The zero-order valence-electron chi connectivity index (χ0n) is 16.6. The van der Waals surface area contributed by atoms with Gasteiger partial charge in [-0.1, -0.05) is 50.2 Å². The molecule has 0 aliphatic carbocycles. The summed E-state index contributed by atoms with van der Waals surface area (Å²) < 4.78 is 19.2. The molecule has 2 heterocycles. The molecule has 0 bridgehead atoms. The predicted molar refractivity (Wildman–Crippen MR) is 113 cm³/mol. The smallest absolute Gasteiger partial charge is 0.151 e. The topological polar surface area (TPSA) is 45.1 Å². The number of furan rings is 1. The lowest BCUT2D eigenvalue weighted by molar-refractivity contribution is 0.251. The summed E-state index contributed by atoms with van der Waals surface area (Å²) in [6.07, 6.45) is 3.54. The van der Waals surface area contributed by atoms with Gasteiger partial charge in [-0.15, -0.1) is 0 Å². The van der Waals surface area contributed by atoms with Gasteiger partial charge in [-0.05, 0) is 54.0 Å². The first-order valence-electron chi connectivity index (χ1n) is 9.88. The van der Waals surface area contributed by atoms with Crippen LogP contribution in [0.25, 0.3) is 22.6 Å². The van der Waals surface area contributed by atoms with Crippen LogP contribution in [0.2, 0.25) is 0 Å². The van der Waals surface area contributed by atoms with Crippen LogP contribution < -0.4 is 0 Å². The molecule has 0 aliphatic heterocycles. The molecule has 4 rings (SSSR count). The number of H-pyrrole nitrogens is 1. The molecule has 148 valence electrons. The molecule has 0 saturated heterocycles. The van der Waals surface area contributed by atoms with Gasteiger partial charge in [-0.3, -0.25) is 10.00 Å². The Bertz CT molecular complexity index is 1050. The van der Waals surface area contributed by atoms with Crippen LogP contribution in [-0.2, 0) is 0 Å². The molecule has 5 heteroatoms. The van der Waals surface area contributed by atoms with E-state index >= 15 is 0 Å². The first-order valence-corrected chi connectivity index (χ1v) is 9.88. The molecule has 0 radical (unpaired) electrons. The lowest BCUT2D eigenvalue weighted by Gasteiger charge is -2.30. The second-order valence-electron chi connectivity index (χ2n) is 6.93. The van der Waals surface area contributed by atoms with Crippen LogP contribution in [0.3, 0.4) is 0 Å². The average molecular weight is 389 g/mol. The number of nitrogens with one attached hydrogen (secondary N) is 1. The fourth-order valence-electron chi connectivity index (χ4n) is 3.82. The molecule has 0 aliphatic rings. The molecule has 0 spiro atoms. The maximum Gasteiger partial charge on any atom is 0.151 e. The van der Waals surface area contributed by atoms with E-state index in [9.17, 15) is 4.39 Å². The van der Waals surface area contributed by atoms with Crippen molar-refractivity contribution >= 4 is 0 Å². The van der Waals surface area contributed by atoms with E-state index in [0.717, 1.165) is 46.8 Å². The average Bonchev–Trinajstić information content (AvgIpc) is 3.44. The van der Waals surface area contributed by atoms with E-state index in [1.165, 1.54) is 6.07 Å². The Kier molecular flexibility index (Phi) is 5.58. The Balaban J connectivity index is 1.75. The van der Waals surface area contributed by atoms with Gasteiger partial charge in [0, 0.05) is 5.56 Å². The Morgan fingerprint density at radius 1 is 1.00 bits per heavy atom. The Morgan fingerprint density at radius 2 is 1.79 bits per heavy atom. The summed E-state index contributed by atoms with van der Waals surface area (Å²) in [6.45, 7) is 6.11. The third-order valence-corrected chi connectivity index (χ3v) is 5.29. The number of aromatic nitrogens is 2. The van der Waals surface area contributed by atoms with Crippen molar-refractivity contribution in [3.8, 4) is 22.6 Å². The van der Waals surface area contributed by atoms with Crippen LogP contribution in [0.5, 0.6) is 0 Å². The van der Waals surface area contributed by atoms with E-state index in [2.05, 4.69) is 41.1 Å². The fourth-order valence-corrected chi connectivity index (χ4v) is 3.82. The summed E-state index contributed by atoms with van der Waals surface area (Å²) >= 11 is 0. The predicted octanol–water partition coefficient (Wildman–Crippen LogP) is 5.91. The number of aromatic amines is 1. The minimum atomic E-state index is -0.228. The van der Waals surface area contributed by atoms with Gasteiger partial charge in [0.25, 0.3) is 0 Å². The van der Waals surface area contributed by atoms with Gasteiger partial charge >= 0.3 is 0 Å². The standard InChI is InChI=1S/C24H24FN3O/c1-3-28(4-2)24(21-16-26-27-23(21)22-9-6-14-29-22)18-12-10-17(11-13-18)19-7-5-8-20(25)15-19/h5-16,24H,3-4H2,1-2H3,(H,26,27). The summed E-state index contributed by atoms with van der Waals surface area (Å²) in [7, 11) is 0. The van der Waals surface area contributed by atoms with Gasteiger partial charge in [0.2, 0.25) is 0 Å². The molecule has 2 aromatic carbocycles. The molecule has 0 amide bonds. The summed E-state index contributed by atoms with van der Waals surface area (Å²) in [5, 5.41) is 7.39. The highest BCUT2D eigenvalue weighted by Crippen LogP contribution is 2.35. The minimum Gasteiger partial charge on any atom is -0.463 e. The van der Waals surface area contributed by atoms with E-state index in [-0.39, 0.29) is 11.9 Å². The molecule has 1 atom stereocenters. The summed E-state index contributed by atoms with van der Waals surface area (Å²) in [5.74, 6) is 0.542. The van der Waals surface area contributed by atoms with Crippen LogP contribution >= 0.6 is 0 Å². The Hall–Kier alpha value is -3.18. The number of rotatable bonds is 7. The van der Waals surface area contributed by atoms with Gasteiger partial charge in [0.05, 0.1) is 18.5 Å². The van der Waals surface area contributed by atoms with Crippen LogP contribution in [0.15, 0.2) is 77.5 Å². The third kappa shape index (κ3) is 3.87. The number of nitrogens with zero attached hydrogens (tertiary/aromatic N) is 2. The number of hydrogen-bond acceptors (Lipinski definition) is 3. The highest BCUT2D eigenvalue weighted by atomic mass is 19.1. The van der Waals surface area contributed by atoms with E-state index in [1.807, 2.05) is 36.5 Å². The number of hydrogen-bond donors (Lipinski definition) is 1. The Morgan fingerprint density at radius 3 is 2.45 bits per heavy atom. The van der Waals surface area contributed by atoms with Crippen molar-refractivity contribution in [2.75, 3.05) is 13.1 Å². The molecule has 0 fully saturated rings. The molecule has 4 aromatic rings. The molecule has 0 saturated carbocycles. The van der Waals surface area contributed by atoms with Crippen molar-refractivity contribution in [1.29, 1.82) is 0 Å². The largest absolute Gasteiger partial charge is 0.463 e. The highest BCUT2D eigenvalue weighted by molar-refractivity contribution is 5.64. The molecular formula is C24H24FN3O. The van der Waals surface area contributed by atoms with Crippen molar-refractivity contribution < 1.29 is 8.81 Å². The summed E-state index contributed by atoms with van der Waals surface area (Å²) in [4.78, 5) is 2.38. The van der Waals surface area contributed by atoms with Gasteiger partial charge in [-0.25, -0.2) is 4.39 Å². The maximum absolute atomic E-state index is 13.6. The van der Waals surface area contributed by atoms with Crippen LogP contribution in [0.1, 0.15) is 31.0 Å². The van der Waals surface area contributed by atoms with E-state index in [1.54, 1.807) is 18.4 Å². The SMILES string of the molecule is CCN(CC)C(c1ccc(-c2cccc(F)c2)cc1)c1cn[nH]c1-c1ccco1. The van der Waals surface area contributed by atoms with Crippen LogP contribution in [0, 0.1) is 5.82 Å². The first kappa shape index (κ1) is 19.2. The van der Waals surface area contributed by atoms with Crippen molar-refractivity contribution in [1.82, 2.24) is 15.1 Å². The van der Waals surface area contributed by atoms with E-state index in [0.29, 0.717) is 0 Å². The molecule has 1 unspecified atom stereocenters. The van der Waals surface area contributed by atoms with Gasteiger partial charge in [0.15, 0.2) is 5.76 Å². The Labute approximate surface area is 170 Å². The molecule has 29 heavy (non-hydrogen) atoms. The normalized spacial score (nSPS) is 12.4. The lowest BCUT2D eigenvalue weighted by Crippen LogP contribution is -2.29. The lowest BCUT2D eigenvalue weighted by atomic mass is 9.94. The fraction of sp³-hybridized carbons (Fsp3) is 0.208. The maximum atomic E-state index is 13.6. The van der Waals surface area contributed by atoms with Crippen molar-refractivity contribution in [2.24, 2.45) is 0 Å². The zero-order chi connectivity index (χ0) is 20.2. The molecule has 1 N–H and O–H groups in total. The second kappa shape index (κ2) is 8.45. The molecule has 4 nitrogen and oxygen atoms in total. The van der Waals surface area contributed by atoms with Crippen LogP contribution in [0.4, 0.5) is 4.39 Å². The van der Waals surface area contributed by atoms with E-state index in [4.69, 9.17) is 4.42 Å². The van der Waals surface area contributed by atoms with E-state index < -0.39 is 0 Å². The van der Waals surface area contributed by atoms with Gasteiger partial charge in [-0.2, -0.15) is 5.10 Å². The quantitative estimate of drug-likeness (QED) is 0.427. The first-order chi connectivity index (χ1) is 14.2. The molecular weight excluding hydrogens is 365 g/mol. The molecule has 2 aromatic heterocycles. The van der Waals surface area contributed by atoms with Crippen LogP contribution in [-0.4, -0.2) is 28.2 Å². The number of halogens is 1. The minimum absolute atomic E-state index is 0.0328. The summed E-state index contributed by atoms with van der Waals surface area (Å²) in [5.41, 5.74) is 4.98. The van der Waals surface area contributed by atoms with Gasteiger partial charge in [0.1, 0.15) is 11.5 Å².